The van der Waals surface area contributed by atoms with E-state index in [9.17, 15) is 4.79 Å². The van der Waals surface area contributed by atoms with Crippen LogP contribution in [0.25, 0.3) is 0 Å². The average molecular weight is 209 g/mol. The number of hydrogen-bond donors (Lipinski definition) is 2. The maximum Gasteiger partial charge on any atom is 0.325 e. The van der Waals surface area contributed by atoms with Crippen molar-refractivity contribution in [1.29, 1.82) is 0 Å². The zero-order valence-electron chi connectivity index (χ0n) is 8.59. The molecule has 0 fully saturated rings. The second-order valence-electron chi connectivity index (χ2n) is 3.36. The first kappa shape index (κ1) is 11.7. The van der Waals surface area contributed by atoms with Crippen molar-refractivity contribution in [3.05, 3.63) is 35.9 Å². The summed E-state index contributed by atoms with van der Waals surface area (Å²) < 4.78 is 4.93. The topological polar surface area (TPSA) is 72.5 Å². The maximum absolute atomic E-state index is 11.3. The lowest BCUT2D eigenvalue weighted by molar-refractivity contribution is -0.149. The fourth-order valence-corrected chi connectivity index (χ4v) is 1.02. The molecule has 4 nitrogen and oxygen atoms in total. The van der Waals surface area contributed by atoms with E-state index in [1.165, 1.54) is 6.92 Å². The van der Waals surface area contributed by atoms with Crippen LogP contribution in [-0.2, 0) is 16.1 Å². The van der Waals surface area contributed by atoms with Gasteiger partial charge in [0.2, 0.25) is 0 Å². The number of benzene rings is 1. The Morgan fingerprint density at radius 2 is 2.07 bits per heavy atom. The molecule has 1 rings (SSSR count). The third-order valence-electron chi connectivity index (χ3n) is 2.02. The first-order chi connectivity index (χ1) is 7.11. The zero-order valence-corrected chi connectivity index (χ0v) is 8.59. The summed E-state index contributed by atoms with van der Waals surface area (Å²) in [5, 5.41) is 9.06. The van der Waals surface area contributed by atoms with Crippen molar-refractivity contribution in [3.63, 3.8) is 0 Å². The molecule has 0 saturated carbocycles. The molecule has 1 aromatic carbocycles. The molecule has 0 saturated heterocycles. The van der Waals surface area contributed by atoms with Gasteiger partial charge in [0.15, 0.2) is 0 Å². The van der Waals surface area contributed by atoms with Crippen LogP contribution in [0.5, 0.6) is 0 Å². The lowest BCUT2D eigenvalue weighted by Crippen LogP contribution is -2.41. The summed E-state index contributed by atoms with van der Waals surface area (Å²) >= 11 is 0. The van der Waals surface area contributed by atoms with Crippen LogP contribution in [-0.4, -0.2) is 23.2 Å². The fourth-order valence-electron chi connectivity index (χ4n) is 1.02. The van der Waals surface area contributed by atoms with Gasteiger partial charge in [0.25, 0.3) is 0 Å². The normalized spacial score (nSPS) is 14.3. The predicted octanol–water partition coefficient (Wildman–Crippen LogP) is 0.438. The van der Waals surface area contributed by atoms with Crippen LogP contribution >= 0.6 is 0 Å². The monoisotopic (exact) mass is 209 g/mol. The highest BCUT2D eigenvalue weighted by Crippen LogP contribution is 2.02. The molecule has 0 unspecified atom stereocenters. The lowest BCUT2D eigenvalue weighted by atomic mass is 10.2. The number of aliphatic hydroxyl groups excluding tert-OH is 1. The second-order valence-corrected chi connectivity index (χ2v) is 3.36. The van der Waals surface area contributed by atoms with Crippen molar-refractivity contribution in [3.8, 4) is 0 Å². The largest absolute Gasteiger partial charge is 0.460 e. The van der Waals surface area contributed by atoms with E-state index in [1.54, 1.807) is 0 Å². The Morgan fingerprint density at radius 1 is 1.47 bits per heavy atom. The number of carbonyl (C=O) groups excluding carboxylic acids is 1. The highest BCUT2D eigenvalue weighted by molar-refractivity contribution is 5.76. The van der Waals surface area contributed by atoms with E-state index in [-0.39, 0.29) is 6.61 Å². The highest BCUT2D eigenvalue weighted by atomic mass is 16.5. The highest BCUT2D eigenvalue weighted by Gasteiger charge is 2.19. The Hall–Kier alpha value is -1.39. The predicted molar refractivity (Wildman–Crippen MR) is 55.9 cm³/mol. The minimum Gasteiger partial charge on any atom is -0.460 e. The van der Waals surface area contributed by atoms with Gasteiger partial charge < -0.3 is 15.6 Å². The maximum atomic E-state index is 11.3. The third kappa shape index (κ3) is 3.69. The molecule has 15 heavy (non-hydrogen) atoms. The Kier molecular flexibility index (Phi) is 4.27. The standard InChI is InChI=1S/C11H15NO3/c1-8(13)10(12)11(14)15-7-9-5-3-2-4-6-9/h2-6,8,10,13H,7,12H2,1H3/t8-,10-/m0/s1. The number of esters is 1. The summed E-state index contributed by atoms with van der Waals surface area (Å²) in [6.07, 6.45) is -0.895. The van der Waals surface area contributed by atoms with E-state index >= 15 is 0 Å². The molecular formula is C11H15NO3. The van der Waals surface area contributed by atoms with Gasteiger partial charge in [-0.3, -0.25) is 4.79 Å². The molecule has 4 heteroatoms. The van der Waals surface area contributed by atoms with E-state index in [1.807, 2.05) is 30.3 Å². The van der Waals surface area contributed by atoms with Gasteiger partial charge in [-0.25, -0.2) is 0 Å². The first-order valence-corrected chi connectivity index (χ1v) is 4.75. The molecule has 0 radical (unpaired) electrons. The van der Waals surface area contributed by atoms with Crippen LogP contribution in [0, 0.1) is 0 Å². The van der Waals surface area contributed by atoms with Crippen LogP contribution in [0.4, 0.5) is 0 Å². The van der Waals surface area contributed by atoms with E-state index in [0.29, 0.717) is 0 Å². The SMILES string of the molecule is C[C@H](O)[C@H](N)C(=O)OCc1ccccc1. The minimum absolute atomic E-state index is 0.181. The van der Waals surface area contributed by atoms with Crippen LogP contribution in [0.1, 0.15) is 12.5 Å². The first-order valence-electron chi connectivity index (χ1n) is 4.75. The number of aliphatic hydroxyl groups is 1. The quantitative estimate of drug-likeness (QED) is 0.706. The zero-order chi connectivity index (χ0) is 11.3. The molecule has 0 spiro atoms. The van der Waals surface area contributed by atoms with Crippen LogP contribution in [0.15, 0.2) is 30.3 Å². The van der Waals surface area contributed by atoms with Gasteiger partial charge in [-0.05, 0) is 12.5 Å². The molecule has 0 aliphatic carbocycles. The number of carbonyl (C=O) groups is 1. The lowest BCUT2D eigenvalue weighted by Gasteiger charge is -2.13. The van der Waals surface area contributed by atoms with Crippen molar-refractivity contribution in [2.75, 3.05) is 0 Å². The molecule has 0 aliphatic rings. The van der Waals surface area contributed by atoms with Gasteiger partial charge in [0, 0.05) is 0 Å². The summed E-state index contributed by atoms with van der Waals surface area (Å²) in [6, 6.07) is 8.32. The minimum atomic E-state index is -0.978. The van der Waals surface area contributed by atoms with Crippen molar-refractivity contribution < 1.29 is 14.6 Å². The van der Waals surface area contributed by atoms with E-state index in [0.717, 1.165) is 5.56 Å². The van der Waals surface area contributed by atoms with E-state index in [2.05, 4.69) is 0 Å². The number of hydrogen-bond acceptors (Lipinski definition) is 4. The molecule has 0 bridgehead atoms. The van der Waals surface area contributed by atoms with E-state index in [4.69, 9.17) is 15.6 Å². The Bertz CT molecular complexity index is 311. The van der Waals surface area contributed by atoms with Gasteiger partial charge in [-0.1, -0.05) is 30.3 Å². The van der Waals surface area contributed by atoms with Gasteiger partial charge >= 0.3 is 5.97 Å². The second kappa shape index (κ2) is 5.48. The fraction of sp³-hybridized carbons (Fsp3) is 0.364. The van der Waals surface area contributed by atoms with Gasteiger partial charge in [0.1, 0.15) is 12.6 Å². The smallest absolute Gasteiger partial charge is 0.325 e. The van der Waals surface area contributed by atoms with Gasteiger partial charge in [-0.2, -0.15) is 0 Å². The Morgan fingerprint density at radius 3 is 2.60 bits per heavy atom. The molecule has 0 heterocycles. The summed E-state index contributed by atoms with van der Waals surface area (Å²) in [4.78, 5) is 11.3. The van der Waals surface area contributed by atoms with Crippen molar-refractivity contribution in [1.82, 2.24) is 0 Å². The van der Waals surface area contributed by atoms with Crippen molar-refractivity contribution in [2.24, 2.45) is 5.73 Å². The Balaban J connectivity index is 2.41. The van der Waals surface area contributed by atoms with Gasteiger partial charge in [-0.15, -0.1) is 0 Å². The Labute approximate surface area is 88.7 Å². The molecule has 0 amide bonds. The molecular weight excluding hydrogens is 194 g/mol. The molecule has 3 N–H and O–H groups in total. The molecule has 2 atom stereocenters. The van der Waals surface area contributed by atoms with Gasteiger partial charge in [0.05, 0.1) is 6.10 Å². The summed E-state index contributed by atoms with van der Waals surface area (Å²) in [7, 11) is 0. The number of rotatable bonds is 4. The molecule has 1 aromatic rings. The summed E-state index contributed by atoms with van der Waals surface area (Å²) in [5.41, 5.74) is 6.29. The average Bonchev–Trinajstić information content (AvgIpc) is 2.26. The van der Waals surface area contributed by atoms with Crippen molar-refractivity contribution in [2.45, 2.75) is 25.7 Å². The number of ether oxygens (including phenoxy) is 1. The molecule has 82 valence electrons. The van der Waals surface area contributed by atoms with Crippen LogP contribution in [0.2, 0.25) is 0 Å². The molecule has 0 aliphatic heterocycles. The third-order valence-corrected chi connectivity index (χ3v) is 2.02. The van der Waals surface area contributed by atoms with Crippen LogP contribution < -0.4 is 5.73 Å². The van der Waals surface area contributed by atoms with E-state index < -0.39 is 18.1 Å². The number of nitrogens with two attached hydrogens (primary N) is 1. The summed E-state index contributed by atoms with van der Waals surface area (Å²) in [6.45, 7) is 1.63. The summed E-state index contributed by atoms with van der Waals surface area (Å²) in [5.74, 6) is -0.589. The van der Waals surface area contributed by atoms with Crippen molar-refractivity contribution >= 4 is 5.97 Å². The molecule has 0 aromatic heterocycles. The van der Waals surface area contributed by atoms with Crippen LogP contribution in [0.3, 0.4) is 0 Å².